The van der Waals surface area contributed by atoms with Gasteiger partial charge in [0.25, 0.3) is 5.91 Å². The Labute approximate surface area is 96.3 Å². The highest BCUT2D eigenvalue weighted by Crippen LogP contribution is 2.17. The SMILES string of the molecule is N#Cc1cc(F)ccc1NC(=O)c1ccco1. The zero-order valence-electron chi connectivity index (χ0n) is 8.61. The lowest BCUT2D eigenvalue weighted by Gasteiger charge is -2.04. The zero-order chi connectivity index (χ0) is 12.3. The van der Waals surface area contributed by atoms with Gasteiger partial charge in [-0.15, -0.1) is 0 Å². The summed E-state index contributed by atoms with van der Waals surface area (Å²) in [6.45, 7) is 0. The van der Waals surface area contributed by atoms with Crippen molar-refractivity contribution in [2.24, 2.45) is 0 Å². The molecule has 2 rings (SSSR count). The van der Waals surface area contributed by atoms with Crippen molar-refractivity contribution in [3.63, 3.8) is 0 Å². The molecule has 0 fully saturated rings. The predicted octanol–water partition coefficient (Wildman–Crippen LogP) is 2.54. The maximum atomic E-state index is 12.9. The van der Waals surface area contributed by atoms with Crippen molar-refractivity contribution in [1.29, 1.82) is 5.26 Å². The van der Waals surface area contributed by atoms with Crippen LogP contribution in [0.15, 0.2) is 41.0 Å². The van der Waals surface area contributed by atoms with Gasteiger partial charge in [-0.3, -0.25) is 4.79 Å². The van der Waals surface area contributed by atoms with Gasteiger partial charge in [0.2, 0.25) is 0 Å². The fourth-order valence-corrected chi connectivity index (χ4v) is 1.31. The second kappa shape index (κ2) is 4.49. The van der Waals surface area contributed by atoms with Gasteiger partial charge in [-0.05, 0) is 30.3 Å². The van der Waals surface area contributed by atoms with E-state index in [2.05, 4.69) is 5.32 Å². The smallest absolute Gasteiger partial charge is 0.291 e. The molecule has 0 bridgehead atoms. The molecule has 0 unspecified atom stereocenters. The number of hydrogen-bond donors (Lipinski definition) is 1. The van der Waals surface area contributed by atoms with Crippen LogP contribution in [0.1, 0.15) is 16.1 Å². The van der Waals surface area contributed by atoms with Crippen molar-refractivity contribution in [3.05, 3.63) is 53.7 Å². The van der Waals surface area contributed by atoms with Crippen molar-refractivity contribution >= 4 is 11.6 Å². The van der Waals surface area contributed by atoms with E-state index in [1.807, 2.05) is 0 Å². The minimum absolute atomic E-state index is 0.0601. The number of furan rings is 1. The van der Waals surface area contributed by atoms with Gasteiger partial charge in [0.1, 0.15) is 11.9 Å². The number of carbonyl (C=O) groups excluding carboxylic acids is 1. The van der Waals surface area contributed by atoms with E-state index in [-0.39, 0.29) is 17.0 Å². The first-order valence-corrected chi connectivity index (χ1v) is 4.75. The van der Waals surface area contributed by atoms with Crippen LogP contribution in [0.4, 0.5) is 10.1 Å². The van der Waals surface area contributed by atoms with Crippen LogP contribution in [-0.4, -0.2) is 5.91 Å². The summed E-state index contributed by atoms with van der Waals surface area (Å²) in [6.07, 6.45) is 1.37. The molecule has 5 heteroatoms. The van der Waals surface area contributed by atoms with E-state index in [1.165, 1.54) is 24.5 Å². The van der Waals surface area contributed by atoms with Crippen LogP contribution in [-0.2, 0) is 0 Å². The maximum absolute atomic E-state index is 12.9. The lowest BCUT2D eigenvalue weighted by Crippen LogP contribution is -2.12. The molecule has 17 heavy (non-hydrogen) atoms. The number of carbonyl (C=O) groups is 1. The Balaban J connectivity index is 2.25. The third-order valence-electron chi connectivity index (χ3n) is 2.10. The molecule has 0 atom stereocenters. The van der Waals surface area contributed by atoms with Gasteiger partial charge in [-0.2, -0.15) is 5.26 Å². The van der Waals surface area contributed by atoms with Crippen LogP contribution in [0.25, 0.3) is 0 Å². The average molecular weight is 230 g/mol. The van der Waals surface area contributed by atoms with E-state index in [1.54, 1.807) is 12.1 Å². The van der Waals surface area contributed by atoms with E-state index in [0.717, 1.165) is 6.07 Å². The number of amides is 1. The van der Waals surface area contributed by atoms with E-state index in [0.29, 0.717) is 0 Å². The van der Waals surface area contributed by atoms with Crippen LogP contribution in [0.2, 0.25) is 0 Å². The summed E-state index contributed by atoms with van der Waals surface area (Å²) < 4.78 is 17.8. The van der Waals surface area contributed by atoms with Crippen LogP contribution >= 0.6 is 0 Å². The highest BCUT2D eigenvalue weighted by Gasteiger charge is 2.11. The van der Waals surface area contributed by atoms with Gasteiger partial charge in [0.15, 0.2) is 5.76 Å². The van der Waals surface area contributed by atoms with Gasteiger partial charge in [0.05, 0.1) is 17.5 Å². The Morgan fingerprint density at radius 3 is 2.88 bits per heavy atom. The number of nitrogens with zero attached hydrogens (tertiary/aromatic N) is 1. The minimum Gasteiger partial charge on any atom is -0.459 e. The fraction of sp³-hybridized carbons (Fsp3) is 0. The molecular weight excluding hydrogens is 223 g/mol. The molecule has 0 saturated heterocycles. The van der Waals surface area contributed by atoms with Gasteiger partial charge in [-0.25, -0.2) is 4.39 Å². The number of nitriles is 1. The number of hydrogen-bond acceptors (Lipinski definition) is 3. The first-order valence-electron chi connectivity index (χ1n) is 4.75. The van der Waals surface area contributed by atoms with E-state index in [9.17, 15) is 9.18 Å². The highest BCUT2D eigenvalue weighted by atomic mass is 19.1. The molecule has 0 aliphatic heterocycles. The Morgan fingerprint density at radius 1 is 1.41 bits per heavy atom. The van der Waals surface area contributed by atoms with E-state index < -0.39 is 11.7 Å². The van der Waals surface area contributed by atoms with Crippen molar-refractivity contribution in [1.82, 2.24) is 0 Å². The topological polar surface area (TPSA) is 66.0 Å². The molecule has 2 aromatic rings. The average Bonchev–Trinajstić information content (AvgIpc) is 2.85. The molecule has 1 aromatic carbocycles. The lowest BCUT2D eigenvalue weighted by molar-refractivity contribution is 0.0996. The van der Waals surface area contributed by atoms with Gasteiger partial charge < -0.3 is 9.73 Å². The van der Waals surface area contributed by atoms with Crippen molar-refractivity contribution < 1.29 is 13.6 Å². The molecule has 0 aliphatic rings. The first kappa shape index (κ1) is 10.9. The van der Waals surface area contributed by atoms with Crippen molar-refractivity contribution in [2.75, 3.05) is 5.32 Å². The molecule has 0 aliphatic carbocycles. The maximum Gasteiger partial charge on any atom is 0.291 e. The quantitative estimate of drug-likeness (QED) is 0.862. The van der Waals surface area contributed by atoms with Gasteiger partial charge >= 0.3 is 0 Å². The molecule has 0 radical (unpaired) electrons. The standard InChI is InChI=1S/C12H7FN2O2/c13-9-3-4-10(8(6-9)7-14)15-12(16)11-2-1-5-17-11/h1-6H,(H,15,16). The second-order valence-electron chi connectivity index (χ2n) is 3.23. The number of anilines is 1. The summed E-state index contributed by atoms with van der Waals surface area (Å²) >= 11 is 0. The summed E-state index contributed by atoms with van der Waals surface area (Å²) in [5.41, 5.74) is 0.306. The molecule has 1 amide bonds. The third kappa shape index (κ3) is 2.32. The second-order valence-corrected chi connectivity index (χ2v) is 3.23. The molecule has 0 saturated carbocycles. The summed E-state index contributed by atoms with van der Waals surface area (Å²) in [7, 11) is 0. The van der Waals surface area contributed by atoms with Crippen molar-refractivity contribution in [2.45, 2.75) is 0 Å². The van der Waals surface area contributed by atoms with Crippen LogP contribution in [0.5, 0.6) is 0 Å². The number of benzene rings is 1. The summed E-state index contributed by atoms with van der Waals surface area (Å²) in [5.74, 6) is -0.895. The summed E-state index contributed by atoms with van der Waals surface area (Å²) in [5, 5.41) is 11.3. The van der Waals surface area contributed by atoms with Crippen LogP contribution in [0, 0.1) is 17.1 Å². The molecule has 0 spiro atoms. The van der Waals surface area contributed by atoms with E-state index >= 15 is 0 Å². The highest BCUT2D eigenvalue weighted by molar-refractivity contribution is 6.02. The van der Waals surface area contributed by atoms with Crippen LogP contribution in [0.3, 0.4) is 0 Å². The zero-order valence-corrected chi connectivity index (χ0v) is 8.61. The number of nitrogens with one attached hydrogen (secondary N) is 1. The molecule has 84 valence electrons. The first-order chi connectivity index (χ1) is 8.20. The molecule has 1 heterocycles. The monoisotopic (exact) mass is 230 g/mol. The Hall–Kier alpha value is -2.61. The van der Waals surface area contributed by atoms with E-state index in [4.69, 9.17) is 9.68 Å². The lowest BCUT2D eigenvalue weighted by atomic mass is 10.2. The fourth-order valence-electron chi connectivity index (χ4n) is 1.31. The largest absolute Gasteiger partial charge is 0.459 e. The van der Waals surface area contributed by atoms with Crippen LogP contribution < -0.4 is 5.32 Å². The van der Waals surface area contributed by atoms with Gasteiger partial charge in [0, 0.05) is 0 Å². The normalized spacial score (nSPS) is 9.65. The Kier molecular flexibility index (Phi) is 2.88. The molecule has 4 nitrogen and oxygen atoms in total. The molecule has 1 N–H and O–H groups in total. The number of rotatable bonds is 2. The van der Waals surface area contributed by atoms with Gasteiger partial charge in [-0.1, -0.05) is 0 Å². The Bertz CT molecular complexity index is 585. The summed E-state index contributed by atoms with van der Waals surface area (Å²) in [6, 6.07) is 8.41. The molecular formula is C12H7FN2O2. The number of halogens is 1. The summed E-state index contributed by atoms with van der Waals surface area (Å²) in [4.78, 5) is 11.6. The molecule has 1 aromatic heterocycles. The third-order valence-corrected chi connectivity index (χ3v) is 2.10. The predicted molar refractivity (Wildman–Crippen MR) is 57.8 cm³/mol. The Morgan fingerprint density at radius 2 is 2.24 bits per heavy atom. The minimum atomic E-state index is -0.530. The van der Waals surface area contributed by atoms with Crippen molar-refractivity contribution in [3.8, 4) is 6.07 Å².